The van der Waals surface area contributed by atoms with Gasteiger partial charge in [-0.3, -0.25) is 14.6 Å². The summed E-state index contributed by atoms with van der Waals surface area (Å²) in [5, 5.41) is 18.1. The summed E-state index contributed by atoms with van der Waals surface area (Å²) < 4.78 is 0. The summed E-state index contributed by atoms with van der Waals surface area (Å²) in [6.07, 6.45) is 2.50. The Morgan fingerprint density at radius 1 is 1.26 bits per heavy atom. The Balaban J connectivity index is 2.83. The summed E-state index contributed by atoms with van der Waals surface area (Å²) in [4.78, 5) is 29.7. The number of amides is 1. The van der Waals surface area contributed by atoms with Crippen LogP contribution in [-0.2, 0) is 4.79 Å². The number of pyridine rings is 1. The molecule has 1 heterocycles. The molecular formula is C12H17N3O4. The maximum absolute atomic E-state index is 12.1. The summed E-state index contributed by atoms with van der Waals surface area (Å²) >= 11 is 0. The van der Waals surface area contributed by atoms with E-state index in [9.17, 15) is 14.7 Å². The smallest absolute Gasteiger partial charge is 0.323 e. The van der Waals surface area contributed by atoms with Gasteiger partial charge in [0.15, 0.2) is 0 Å². The number of rotatable bonds is 6. The van der Waals surface area contributed by atoms with Crippen molar-refractivity contribution in [2.24, 2.45) is 0 Å². The van der Waals surface area contributed by atoms with Crippen LogP contribution in [0.1, 0.15) is 10.4 Å². The van der Waals surface area contributed by atoms with Gasteiger partial charge in [0, 0.05) is 19.3 Å². The normalized spacial score (nSPS) is 10.5. The number of carbonyl (C=O) groups excluding carboxylic acids is 1. The van der Waals surface area contributed by atoms with Gasteiger partial charge >= 0.3 is 5.97 Å². The molecule has 1 aromatic heterocycles. The van der Waals surface area contributed by atoms with E-state index < -0.39 is 11.9 Å². The van der Waals surface area contributed by atoms with Gasteiger partial charge in [0.1, 0.15) is 12.3 Å². The SMILES string of the molecule is CN(C)CCN(CC(=O)O)C(=O)c1cncc(O)c1. The lowest BCUT2D eigenvalue weighted by atomic mass is 10.2. The highest BCUT2D eigenvalue weighted by atomic mass is 16.4. The minimum Gasteiger partial charge on any atom is -0.506 e. The Morgan fingerprint density at radius 2 is 1.95 bits per heavy atom. The molecule has 2 N–H and O–H groups in total. The topological polar surface area (TPSA) is 94.0 Å². The summed E-state index contributed by atoms with van der Waals surface area (Å²) in [6.45, 7) is 0.446. The van der Waals surface area contributed by atoms with Gasteiger partial charge in [0.25, 0.3) is 5.91 Å². The Kier molecular flexibility index (Phi) is 5.25. The number of aromatic hydroxyl groups is 1. The van der Waals surface area contributed by atoms with E-state index in [1.54, 1.807) is 0 Å². The minimum atomic E-state index is -1.08. The van der Waals surface area contributed by atoms with E-state index in [1.165, 1.54) is 23.4 Å². The Hall–Kier alpha value is -2.15. The highest BCUT2D eigenvalue weighted by Gasteiger charge is 2.19. The van der Waals surface area contributed by atoms with Crippen LogP contribution in [-0.4, -0.2) is 70.6 Å². The maximum Gasteiger partial charge on any atom is 0.323 e. The van der Waals surface area contributed by atoms with Crippen molar-refractivity contribution in [1.82, 2.24) is 14.8 Å². The number of carboxylic acids is 1. The van der Waals surface area contributed by atoms with Crippen LogP contribution in [0.3, 0.4) is 0 Å². The van der Waals surface area contributed by atoms with Gasteiger partial charge in [0.2, 0.25) is 0 Å². The molecule has 1 amide bonds. The molecule has 0 aliphatic carbocycles. The zero-order chi connectivity index (χ0) is 14.4. The number of aromatic nitrogens is 1. The lowest BCUT2D eigenvalue weighted by Crippen LogP contribution is -2.40. The average molecular weight is 267 g/mol. The largest absolute Gasteiger partial charge is 0.506 e. The van der Waals surface area contributed by atoms with Gasteiger partial charge < -0.3 is 20.0 Å². The van der Waals surface area contributed by atoms with Gasteiger partial charge in [0.05, 0.1) is 11.8 Å². The second kappa shape index (κ2) is 6.69. The summed E-state index contributed by atoms with van der Waals surface area (Å²) in [5.41, 5.74) is 0.167. The molecule has 7 heteroatoms. The number of aliphatic carboxylic acids is 1. The molecule has 104 valence electrons. The molecule has 0 atom stereocenters. The fourth-order valence-electron chi connectivity index (χ4n) is 1.46. The molecule has 0 fully saturated rings. The van der Waals surface area contributed by atoms with Crippen molar-refractivity contribution >= 4 is 11.9 Å². The molecule has 1 aromatic rings. The van der Waals surface area contributed by atoms with Gasteiger partial charge in [-0.05, 0) is 20.2 Å². The van der Waals surface area contributed by atoms with Crippen LogP contribution in [0.4, 0.5) is 0 Å². The standard InChI is InChI=1S/C12H17N3O4/c1-14(2)3-4-15(8-11(17)18)12(19)9-5-10(16)7-13-6-9/h5-7,16H,3-4,8H2,1-2H3,(H,17,18). The van der Waals surface area contributed by atoms with Gasteiger partial charge in [-0.2, -0.15) is 0 Å². The molecule has 0 aromatic carbocycles. The van der Waals surface area contributed by atoms with Crippen LogP contribution >= 0.6 is 0 Å². The summed E-state index contributed by atoms with van der Waals surface area (Å²) in [6, 6.07) is 1.26. The fraction of sp³-hybridized carbons (Fsp3) is 0.417. The number of hydrogen-bond donors (Lipinski definition) is 2. The molecule has 0 bridgehead atoms. The van der Waals surface area contributed by atoms with Crippen LogP contribution in [0.15, 0.2) is 18.5 Å². The number of carboxylic acid groups (broad SMARTS) is 1. The van der Waals surface area contributed by atoms with Crippen molar-refractivity contribution in [2.45, 2.75) is 0 Å². The predicted molar refractivity (Wildman–Crippen MR) is 68.0 cm³/mol. The molecule has 19 heavy (non-hydrogen) atoms. The first-order valence-electron chi connectivity index (χ1n) is 5.70. The van der Waals surface area contributed by atoms with Crippen molar-refractivity contribution in [3.05, 3.63) is 24.0 Å². The number of hydrogen-bond acceptors (Lipinski definition) is 5. The van der Waals surface area contributed by atoms with Crippen molar-refractivity contribution in [3.8, 4) is 5.75 Å². The monoisotopic (exact) mass is 267 g/mol. The van der Waals surface area contributed by atoms with E-state index in [-0.39, 0.29) is 24.4 Å². The predicted octanol–water partition coefficient (Wildman–Crippen LogP) is -0.124. The Morgan fingerprint density at radius 3 is 2.47 bits per heavy atom. The van der Waals surface area contributed by atoms with Gasteiger partial charge in [-0.15, -0.1) is 0 Å². The first-order valence-corrected chi connectivity index (χ1v) is 5.70. The number of carbonyl (C=O) groups is 2. The molecule has 0 aliphatic rings. The lowest BCUT2D eigenvalue weighted by molar-refractivity contribution is -0.137. The van der Waals surface area contributed by atoms with Crippen molar-refractivity contribution in [2.75, 3.05) is 33.7 Å². The molecule has 0 radical (unpaired) electrons. The third-order valence-electron chi connectivity index (χ3n) is 2.40. The van der Waals surface area contributed by atoms with Crippen molar-refractivity contribution in [1.29, 1.82) is 0 Å². The third kappa shape index (κ3) is 4.92. The first-order chi connectivity index (χ1) is 8.90. The molecule has 0 aliphatic heterocycles. The zero-order valence-corrected chi connectivity index (χ0v) is 10.9. The van der Waals surface area contributed by atoms with E-state index in [1.807, 2.05) is 19.0 Å². The Labute approximate surface area is 111 Å². The minimum absolute atomic E-state index is 0.131. The molecule has 0 saturated heterocycles. The molecule has 1 rings (SSSR count). The van der Waals surface area contributed by atoms with Gasteiger partial charge in [-0.25, -0.2) is 0 Å². The van der Waals surface area contributed by atoms with Crippen LogP contribution < -0.4 is 0 Å². The van der Waals surface area contributed by atoms with Crippen LogP contribution in [0.2, 0.25) is 0 Å². The van der Waals surface area contributed by atoms with E-state index in [4.69, 9.17) is 5.11 Å². The second-order valence-corrected chi connectivity index (χ2v) is 4.36. The Bertz CT molecular complexity index is 462. The highest BCUT2D eigenvalue weighted by Crippen LogP contribution is 2.11. The summed E-state index contributed by atoms with van der Waals surface area (Å²) in [7, 11) is 3.67. The van der Waals surface area contributed by atoms with Crippen LogP contribution in [0.25, 0.3) is 0 Å². The molecule has 0 saturated carbocycles. The zero-order valence-electron chi connectivity index (χ0n) is 10.9. The second-order valence-electron chi connectivity index (χ2n) is 4.36. The molecular weight excluding hydrogens is 250 g/mol. The van der Waals surface area contributed by atoms with Crippen LogP contribution in [0, 0.1) is 0 Å². The first kappa shape index (κ1) is 14.9. The molecule has 7 nitrogen and oxygen atoms in total. The molecule has 0 spiro atoms. The number of likely N-dealkylation sites (N-methyl/N-ethyl adjacent to an activating group) is 1. The van der Waals surface area contributed by atoms with E-state index in [2.05, 4.69) is 4.98 Å². The van der Waals surface area contributed by atoms with Crippen LogP contribution in [0.5, 0.6) is 5.75 Å². The maximum atomic E-state index is 12.1. The van der Waals surface area contributed by atoms with E-state index in [0.29, 0.717) is 6.54 Å². The third-order valence-corrected chi connectivity index (χ3v) is 2.40. The number of nitrogens with zero attached hydrogens (tertiary/aromatic N) is 3. The van der Waals surface area contributed by atoms with E-state index >= 15 is 0 Å². The highest BCUT2D eigenvalue weighted by molar-refractivity contribution is 5.95. The van der Waals surface area contributed by atoms with Crippen molar-refractivity contribution in [3.63, 3.8) is 0 Å². The average Bonchev–Trinajstić information content (AvgIpc) is 2.33. The quantitative estimate of drug-likeness (QED) is 0.746. The fourth-order valence-corrected chi connectivity index (χ4v) is 1.46. The summed E-state index contributed by atoms with van der Waals surface area (Å²) in [5.74, 6) is -1.68. The van der Waals surface area contributed by atoms with E-state index in [0.717, 1.165) is 0 Å². The lowest BCUT2D eigenvalue weighted by Gasteiger charge is -2.22. The van der Waals surface area contributed by atoms with Crippen molar-refractivity contribution < 1.29 is 19.8 Å². The molecule has 0 unspecified atom stereocenters. The van der Waals surface area contributed by atoms with Gasteiger partial charge in [-0.1, -0.05) is 0 Å².